The molecule has 0 bridgehead atoms. The summed E-state index contributed by atoms with van der Waals surface area (Å²) in [6.07, 6.45) is -0.923. The maximum Gasteiger partial charge on any atom is 0.348 e. The molecule has 2 aromatic carbocycles. The minimum atomic E-state index is -0.923. The molecule has 0 saturated heterocycles. The van der Waals surface area contributed by atoms with E-state index in [1.807, 2.05) is 54.6 Å². The monoisotopic (exact) mass is 478 g/mol. The Morgan fingerprint density at radius 3 is 2.44 bits per heavy atom. The molecule has 4 rings (SSSR count). The maximum atomic E-state index is 13.2. The van der Waals surface area contributed by atoms with Crippen LogP contribution in [0.25, 0.3) is 21.3 Å². The Hall–Kier alpha value is -3.49. The average molecular weight is 479 g/mol. The van der Waals surface area contributed by atoms with Crippen molar-refractivity contribution in [3.8, 4) is 16.9 Å². The van der Waals surface area contributed by atoms with E-state index in [0.29, 0.717) is 32.2 Å². The molecule has 2 heterocycles. The third-order valence-electron chi connectivity index (χ3n) is 5.50. The second kappa shape index (κ2) is 10.2. The van der Waals surface area contributed by atoms with Crippen LogP contribution in [0.4, 0.5) is 0 Å². The zero-order valence-corrected chi connectivity index (χ0v) is 20.1. The van der Waals surface area contributed by atoms with E-state index in [9.17, 15) is 14.7 Å². The first-order chi connectivity index (χ1) is 16.4. The number of aliphatic hydroxyl groups is 1. The van der Waals surface area contributed by atoms with Crippen molar-refractivity contribution < 1.29 is 19.4 Å². The van der Waals surface area contributed by atoms with Gasteiger partial charge in [-0.05, 0) is 49.6 Å². The summed E-state index contributed by atoms with van der Waals surface area (Å²) >= 11 is 1.15. The molecule has 0 fully saturated rings. The predicted molar refractivity (Wildman–Crippen MR) is 133 cm³/mol. The number of hydrogen-bond donors (Lipinski definition) is 1. The standard InChI is InChI=1S/C26H26N2O5S/c1-4-32-26(31)23-16(2)22-24(34-23)27-17(3)28(25(22)30)14-20(29)15-33-21-12-10-19(11-13-21)18-8-6-5-7-9-18/h5-13,20,29H,4,14-15H2,1-3H3/t20-/m0/s1. The van der Waals surface area contributed by atoms with Gasteiger partial charge in [-0.3, -0.25) is 9.36 Å². The number of carbonyl (C=O) groups excluding carboxylic acids is 1. The zero-order valence-electron chi connectivity index (χ0n) is 19.3. The van der Waals surface area contributed by atoms with Crippen molar-refractivity contribution in [3.05, 3.63) is 81.2 Å². The zero-order chi connectivity index (χ0) is 24.2. The van der Waals surface area contributed by atoms with Gasteiger partial charge in [0, 0.05) is 0 Å². The number of ether oxygens (including phenoxy) is 2. The van der Waals surface area contributed by atoms with Gasteiger partial charge in [-0.25, -0.2) is 9.78 Å². The van der Waals surface area contributed by atoms with Gasteiger partial charge in [-0.1, -0.05) is 42.5 Å². The van der Waals surface area contributed by atoms with E-state index in [1.54, 1.807) is 20.8 Å². The van der Waals surface area contributed by atoms with Gasteiger partial charge in [0.05, 0.1) is 18.5 Å². The SMILES string of the molecule is CCOC(=O)c1sc2nc(C)n(C[C@H](O)COc3ccc(-c4ccccc4)cc3)c(=O)c2c1C. The quantitative estimate of drug-likeness (QED) is 0.379. The molecule has 4 aromatic rings. The Balaban J connectivity index is 1.47. The van der Waals surface area contributed by atoms with Crippen LogP contribution < -0.4 is 10.3 Å². The smallest absolute Gasteiger partial charge is 0.348 e. The Labute approximate surface area is 201 Å². The molecule has 0 unspecified atom stereocenters. The number of aliphatic hydroxyl groups excluding tert-OH is 1. The Morgan fingerprint density at radius 2 is 1.76 bits per heavy atom. The summed E-state index contributed by atoms with van der Waals surface area (Å²) in [5.74, 6) is 0.628. The van der Waals surface area contributed by atoms with Crippen molar-refractivity contribution in [1.82, 2.24) is 9.55 Å². The molecule has 0 radical (unpaired) electrons. The first-order valence-corrected chi connectivity index (χ1v) is 11.8. The fourth-order valence-electron chi connectivity index (χ4n) is 3.75. The minimum absolute atomic E-state index is 0.0191. The molecule has 1 atom stereocenters. The topological polar surface area (TPSA) is 90.7 Å². The van der Waals surface area contributed by atoms with Crippen LogP contribution in [0, 0.1) is 13.8 Å². The van der Waals surface area contributed by atoms with Crippen LogP contribution in [0.2, 0.25) is 0 Å². The van der Waals surface area contributed by atoms with Gasteiger partial charge >= 0.3 is 5.97 Å². The molecule has 34 heavy (non-hydrogen) atoms. The summed E-state index contributed by atoms with van der Waals surface area (Å²) in [7, 11) is 0. The highest BCUT2D eigenvalue weighted by atomic mass is 32.1. The van der Waals surface area contributed by atoms with Gasteiger partial charge in [0.15, 0.2) is 0 Å². The fraction of sp³-hybridized carbons (Fsp3) is 0.269. The summed E-state index contributed by atoms with van der Waals surface area (Å²) in [5.41, 5.74) is 2.44. The maximum absolute atomic E-state index is 13.2. The van der Waals surface area contributed by atoms with Crippen LogP contribution in [0.15, 0.2) is 59.4 Å². The van der Waals surface area contributed by atoms with Crippen molar-refractivity contribution >= 4 is 27.5 Å². The van der Waals surface area contributed by atoms with E-state index in [4.69, 9.17) is 9.47 Å². The molecule has 0 spiro atoms. The number of esters is 1. The number of hydrogen-bond acceptors (Lipinski definition) is 7. The lowest BCUT2D eigenvalue weighted by Gasteiger charge is -2.16. The summed E-state index contributed by atoms with van der Waals surface area (Å²) in [6.45, 7) is 5.45. The molecule has 8 heteroatoms. The van der Waals surface area contributed by atoms with E-state index in [1.165, 1.54) is 4.57 Å². The summed E-state index contributed by atoms with van der Waals surface area (Å²) in [5, 5.41) is 10.9. The number of carbonyl (C=O) groups is 1. The van der Waals surface area contributed by atoms with Crippen molar-refractivity contribution in [2.24, 2.45) is 0 Å². The fourth-order valence-corrected chi connectivity index (χ4v) is 4.87. The second-order valence-corrected chi connectivity index (χ2v) is 8.89. The molecular weight excluding hydrogens is 452 g/mol. The summed E-state index contributed by atoms with van der Waals surface area (Å²) in [6, 6.07) is 17.7. The minimum Gasteiger partial charge on any atom is -0.491 e. The van der Waals surface area contributed by atoms with Crippen LogP contribution in [0.1, 0.15) is 28.0 Å². The molecule has 7 nitrogen and oxygen atoms in total. The van der Waals surface area contributed by atoms with E-state index in [-0.39, 0.29) is 25.3 Å². The Morgan fingerprint density at radius 1 is 1.09 bits per heavy atom. The molecule has 0 aliphatic heterocycles. The highest BCUT2D eigenvalue weighted by Crippen LogP contribution is 2.28. The largest absolute Gasteiger partial charge is 0.491 e. The van der Waals surface area contributed by atoms with Crippen molar-refractivity contribution in [1.29, 1.82) is 0 Å². The molecule has 0 aliphatic carbocycles. The number of aromatic nitrogens is 2. The normalized spacial score (nSPS) is 12.0. The highest BCUT2D eigenvalue weighted by molar-refractivity contribution is 7.20. The number of fused-ring (bicyclic) bond motifs is 1. The van der Waals surface area contributed by atoms with Gasteiger partial charge in [-0.15, -0.1) is 11.3 Å². The highest BCUT2D eigenvalue weighted by Gasteiger charge is 2.22. The molecule has 0 saturated carbocycles. The van der Waals surface area contributed by atoms with Crippen LogP contribution in [0.3, 0.4) is 0 Å². The third kappa shape index (κ3) is 4.88. The molecule has 0 aliphatic rings. The lowest BCUT2D eigenvalue weighted by Crippen LogP contribution is -2.32. The molecule has 176 valence electrons. The van der Waals surface area contributed by atoms with Gasteiger partial charge < -0.3 is 14.6 Å². The molecule has 1 N–H and O–H groups in total. The number of benzene rings is 2. The van der Waals surface area contributed by atoms with Gasteiger partial charge in [-0.2, -0.15) is 0 Å². The van der Waals surface area contributed by atoms with Crippen molar-refractivity contribution in [2.75, 3.05) is 13.2 Å². The average Bonchev–Trinajstić information content (AvgIpc) is 3.17. The first-order valence-electron chi connectivity index (χ1n) is 11.0. The molecular formula is C26H26N2O5S. The van der Waals surface area contributed by atoms with Crippen LogP contribution >= 0.6 is 11.3 Å². The summed E-state index contributed by atoms with van der Waals surface area (Å²) < 4.78 is 12.2. The Bertz CT molecular complexity index is 1360. The first kappa shape index (κ1) is 23.7. The van der Waals surface area contributed by atoms with Crippen molar-refractivity contribution in [3.63, 3.8) is 0 Å². The van der Waals surface area contributed by atoms with Crippen molar-refractivity contribution in [2.45, 2.75) is 33.4 Å². The number of thiophene rings is 1. The Kier molecular flexibility index (Phi) is 7.09. The second-order valence-electron chi connectivity index (χ2n) is 7.89. The van der Waals surface area contributed by atoms with E-state index in [2.05, 4.69) is 4.98 Å². The van der Waals surface area contributed by atoms with Gasteiger partial charge in [0.2, 0.25) is 0 Å². The predicted octanol–water partition coefficient (Wildman–Crippen LogP) is 4.36. The number of rotatable bonds is 8. The van der Waals surface area contributed by atoms with E-state index < -0.39 is 12.1 Å². The van der Waals surface area contributed by atoms with Gasteiger partial charge in [0.25, 0.3) is 5.56 Å². The number of aryl methyl sites for hydroxylation is 2. The van der Waals surface area contributed by atoms with Crippen LogP contribution in [0.5, 0.6) is 5.75 Å². The molecule has 0 amide bonds. The lowest BCUT2D eigenvalue weighted by atomic mass is 10.1. The van der Waals surface area contributed by atoms with E-state index in [0.717, 1.165) is 22.5 Å². The summed E-state index contributed by atoms with van der Waals surface area (Å²) in [4.78, 5) is 30.7. The van der Waals surface area contributed by atoms with Crippen LogP contribution in [-0.4, -0.2) is 39.9 Å². The van der Waals surface area contributed by atoms with Crippen LogP contribution in [-0.2, 0) is 11.3 Å². The number of nitrogens with zero attached hydrogens (tertiary/aromatic N) is 2. The van der Waals surface area contributed by atoms with Gasteiger partial charge in [0.1, 0.15) is 34.0 Å². The third-order valence-corrected chi connectivity index (χ3v) is 6.66. The lowest BCUT2D eigenvalue weighted by molar-refractivity contribution is 0.0531. The van der Waals surface area contributed by atoms with E-state index >= 15 is 0 Å². The molecule has 2 aromatic heterocycles.